The SMILES string of the molecule is Cc1cc(N2CCN(C(=O)COc3ccc(Cl)cc3C)CC2)nc(C(C)C)n1. The minimum Gasteiger partial charge on any atom is -0.483 e. The number of hydrogen-bond donors (Lipinski definition) is 0. The molecule has 0 aliphatic carbocycles. The molecule has 7 heteroatoms. The first-order valence-electron chi connectivity index (χ1n) is 9.60. The average molecular weight is 403 g/mol. The normalized spacial score (nSPS) is 14.5. The Bertz CT molecular complexity index is 848. The van der Waals surface area contributed by atoms with Gasteiger partial charge in [-0.1, -0.05) is 25.4 Å². The Labute approximate surface area is 171 Å². The van der Waals surface area contributed by atoms with Gasteiger partial charge in [0, 0.05) is 48.9 Å². The first-order valence-corrected chi connectivity index (χ1v) is 9.98. The van der Waals surface area contributed by atoms with Crippen molar-refractivity contribution in [2.24, 2.45) is 0 Å². The summed E-state index contributed by atoms with van der Waals surface area (Å²) >= 11 is 5.96. The highest BCUT2D eigenvalue weighted by molar-refractivity contribution is 6.30. The molecule has 0 radical (unpaired) electrons. The zero-order chi connectivity index (χ0) is 20.3. The van der Waals surface area contributed by atoms with Crippen LogP contribution in [-0.2, 0) is 4.79 Å². The molecule has 0 atom stereocenters. The fraction of sp³-hybridized carbons (Fsp3) is 0.476. The van der Waals surface area contributed by atoms with Crippen molar-refractivity contribution in [1.82, 2.24) is 14.9 Å². The lowest BCUT2D eigenvalue weighted by Gasteiger charge is -2.35. The number of benzene rings is 1. The van der Waals surface area contributed by atoms with Gasteiger partial charge in [-0.15, -0.1) is 0 Å². The van der Waals surface area contributed by atoms with Crippen LogP contribution < -0.4 is 9.64 Å². The molecule has 1 saturated heterocycles. The Balaban J connectivity index is 1.55. The molecule has 0 N–H and O–H groups in total. The van der Waals surface area contributed by atoms with Crippen LogP contribution in [0.3, 0.4) is 0 Å². The molecule has 0 bridgehead atoms. The van der Waals surface area contributed by atoms with Gasteiger partial charge in [-0.3, -0.25) is 4.79 Å². The Morgan fingerprint density at radius 2 is 1.86 bits per heavy atom. The van der Waals surface area contributed by atoms with Crippen LogP contribution in [0.5, 0.6) is 5.75 Å². The number of ether oxygens (including phenoxy) is 1. The summed E-state index contributed by atoms with van der Waals surface area (Å²) in [5.74, 6) is 2.77. The number of aryl methyl sites for hydroxylation is 2. The van der Waals surface area contributed by atoms with Gasteiger partial charge < -0.3 is 14.5 Å². The molecular formula is C21H27ClN4O2. The van der Waals surface area contributed by atoms with E-state index in [4.69, 9.17) is 21.3 Å². The van der Waals surface area contributed by atoms with Crippen LogP contribution in [0.1, 0.15) is 36.8 Å². The van der Waals surface area contributed by atoms with Crippen molar-refractivity contribution in [2.45, 2.75) is 33.6 Å². The lowest BCUT2D eigenvalue weighted by Crippen LogP contribution is -2.50. The minimum atomic E-state index is -0.00395. The number of piperazine rings is 1. The number of halogens is 1. The molecule has 1 amide bonds. The van der Waals surface area contributed by atoms with E-state index in [9.17, 15) is 4.79 Å². The van der Waals surface area contributed by atoms with E-state index in [2.05, 4.69) is 23.7 Å². The van der Waals surface area contributed by atoms with E-state index >= 15 is 0 Å². The van der Waals surface area contributed by atoms with E-state index in [1.165, 1.54) is 0 Å². The third-order valence-electron chi connectivity index (χ3n) is 4.82. The number of amides is 1. The van der Waals surface area contributed by atoms with Crippen LogP contribution in [0.4, 0.5) is 5.82 Å². The Morgan fingerprint density at radius 3 is 2.50 bits per heavy atom. The maximum Gasteiger partial charge on any atom is 0.260 e. The Hall–Kier alpha value is -2.34. The first kappa shape index (κ1) is 20.4. The number of carbonyl (C=O) groups excluding carboxylic acids is 1. The molecule has 150 valence electrons. The lowest BCUT2D eigenvalue weighted by atomic mass is 10.2. The molecule has 1 fully saturated rings. The second-order valence-electron chi connectivity index (χ2n) is 7.45. The largest absolute Gasteiger partial charge is 0.483 e. The monoisotopic (exact) mass is 402 g/mol. The third-order valence-corrected chi connectivity index (χ3v) is 5.05. The number of aromatic nitrogens is 2. The van der Waals surface area contributed by atoms with Gasteiger partial charge in [0.1, 0.15) is 17.4 Å². The van der Waals surface area contributed by atoms with Crippen molar-refractivity contribution in [3.8, 4) is 5.75 Å². The van der Waals surface area contributed by atoms with Gasteiger partial charge in [-0.25, -0.2) is 9.97 Å². The predicted molar refractivity (Wildman–Crippen MR) is 111 cm³/mol. The van der Waals surface area contributed by atoms with Crippen molar-refractivity contribution in [2.75, 3.05) is 37.7 Å². The fourth-order valence-electron chi connectivity index (χ4n) is 3.19. The number of hydrogen-bond acceptors (Lipinski definition) is 5. The van der Waals surface area contributed by atoms with Crippen LogP contribution in [0.25, 0.3) is 0 Å². The van der Waals surface area contributed by atoms with Crippen molar-refractivity contribution in [3.05, 3.63) is 46.4 Å². The summed E-state index contributed by atoms with van der Waals surface area (Å²) in [4.78, 5) is 25.8. The fourth-order valence-corrected chi connectivity index (χ4v) is 3.41. The molecular weight excluding hydrogens is 376 g/mol. The van der Waals surface area contributed by atoms with Crippen LogP contribution in [-0.4, -0.2) is 53.6 Å². The zero-order valence-electron chi connectivity index (χ0n) is 16.9. The van der Waals surface area contributed by atoms with Crippen molar-refractivity contribution < 1.29 is 9.53 Å². The summed E-state index contributed by atoms with van der Waals surface area (Å²) in [6.45, 7) is 10.9. The molecule has 0 unspecified atom stereocenters. The molecule has 6 nitrogen and oxygen atoms in total. The number of rotatable bonds is 5. The van der Waals surface area contributed by atoms with E-state index < -0.39 is 0 Å². The molecule has 0 saturated carbocycles. The second kappa shape index (κ2) is 8.78. The summed E-state index contributed by atoms with van der Waals surface area (Å²) in [7, 11) is 0. The van der Waals surface area contributed by atoms with E-state index in [0.717, 1.165) is 36.0 Å². The molecule has 1 aliphatic heterocycles. The van der Waals surface area contributed by atoms with Gasteiger partial charge in [-0.2, -0.15) is 0 Å². The van der Waals surface area contributed by atoms with Crippen LogP contribution in [0.15, 0.2) is 24.3 Å². The molecule has 2 heterocycles. The van der Waals surface area contributed by atoms with E-state index in [1.54, 1.807) is 12.1 Å². The summed E-state index contributed by atoms with van der Waals surface area (Å²) in [5, 5.41) is 0.660. The van der Waals surface area contributed by atoms with Crippen LogP contribution >= 0.6 is 11.6 Å². The van der Waals surface area contributed by atoms with Gasteiger partial charge in [0.2, 0.25) is 0 Å². The van der Waals surface area contributed by atoms with Crippen molar-refractivity contribution in [3.63, 3.8) is 0 Å². The Kier molecular flexibility index (Phi) is 6.39. The molecule has 1 aromatic carbocycles. The zero-order valence-corrected chi connectivity index (χ0v) is 17.7. The maximum atomic E-state index is 12.5. The van der Waals surface area contributed by atoms with Crippen molar-refractivity contribution >= 4 is 23.3 Å². The van der Waals surface area contributed by atoms with Gasteiger partial charge in [0.05, 0.1) is 0 Å². The predicted octanol–water partition coefficient (Wildman–Crippen LogP) is 3.60. The van der Waals surface area contributed by atoms with E-state index in [-0.39, 0.29) is 18.4 Å². The van der Waals surface area contributed by atoms with E-state index in [0.29, 0.717) is 23.9 Å². The second-order valence-corrected chi connectivity index (χ2v) is 7.88. The topological polar surface area (TPSA) is 58.6 Å². The van der Waals surface area contributed by atoms with Crippen LogP contribution in [0.2, 0.25) is 5.02 Å². The summed E-state index contributed by atoms with van der Waals surface area (Å²) < 4.78 is 5.69. The van der Waals surface area contributed by atoms with Gasteiger partial charge in [0.15, 0.2) is 6.61 Å². The van der Waals surface area contributed by atoms with Gasteiger partial charge >= 0.3 is 0 Å². The quantitative estimate of drug-likeness (QED) is 0.764. The number of carbonyl (C=O) groups is 1. The van der Waals surface area contributed by atoms with Gasteiger partial charge in [-0.05, 0) is 37.6 Å². The summed E-state index contributed by atoms with van der Waals surface area (Å²) in [6, 6.07) is 7.40. The molecule has 3 rings (SSSR count). The summed E-state index contributed by atoms with van der Waals surface area (Å²) in [6.07, 6.45) is 0. The molecule has 28 heavy (non-hydrogen) atoms. The first-order chi connectivity index (χ1) is 13.3. The van der Waals surface area contributed by atoms with Gasteiger partial charge in [0.25, 0.3) is 5.91 Å². The molecule has 1 aliphatic rings. The maximum absolute atomic E-state index is 12.5. The highest BCUT2D eigenvalue weighted by Crippen LogP contribution is 2.22. The highest BCUT2D eigenvalue weighted by Gasteiger charge is 2.23. The van der Waals surface area contributed by atoms with E-state index in [1.807, 2.05) is 30.9 Å². The number of anilines is 1. The average Bonchev–Trinajstić information content (AvgIpc) is 2.66. The smallest absolute Gasteiger partial charge is 0.260 e. The molecule has 1 aromatic heterocycles. The van der Waals surface area contributed by atoms with Crippen LogP contribution in [0, 0.1) is 13.8 Å². The minimum absolute atomic E-state index is 0.00395. The Morgan fingerprint density at radius 1 is 1.14 bits per heavy atom. The van der Waals surface area contributed by atoms with Crippen molar-refractivity contribution in [1.29, 1.82) is 0 Å². The molecule has 0 spiro atoms. The number of nitrogens with zero attached hydrogens (tertiary/aromatic N) is 4. The lowest BCUT2D eigenvalue weighted by molar-refractivity contribution is -0.133. The summed E-state index contributed by atoms with van der Waals surface area (Å²) in [5.41, 5.74) is 1.89. The standard InChI is InChI=1S/C21H27ClN4O2/c1-14(2)21-23-16(4)12-19(24-21)25-7-9-26(10-8-25)20(27)13-28-18-6-5-17(22)11-15(18)3/h5-6,11-12,14H,7-10,13H2,1-4H3. The highest BCUT2D eigenvalue weighted by atomic mass is 35.5. The third kappa shape index (κ3) is 4.93. The molecule has 2 aromatic rings.